The highest BCUT2D eigenvalue weighted by molar-refractivity contribution is 5.66. The van der Waals surface area contributed by atoms with Crippen LogP contribution in [0.1, 0.15) is 32.4 Å². The first-order valence-corrected chi connectivity index (χ1v) is 5.82. The van der Waals surface area contributed by atoms with Gasteiger partial charge in [-0.1, -0.05) is 30.3 Å². The summed E-state index contributed by atoms with van der Waals surface area (Å²) >= 11 is 0. The molecule has 5 heteroatoms. The highest BCUT2D eigenvalue weighted by atomic mass is 16.7. The first-order valence-electron chi connectivity index (χ1n) is 5.82. The van der Waals surface area contributed by atoms with Crippen molar-refractivity contribution < 1.29 is 14.4 Å². The lowest BCUT2D eigenvalue weighted by atomic mass is 10.1. The van der Waals surface area contributed by atoms with Crippen molar-refractivity contribution in [2.75, 3.05) is 6.54 Å². The van der Waals surface area contributed by atoms with Crippen molar-refractivity contribution in [3.63, 3.8) is 0 Å². The highest BCUT2D eigenvalue weighted by Crippen LogP contribution is 2.14. The molecule has 0 saturated heterocycles. The Morgan fingerprint density at radius 1 is 1.33 bits per heavy atom. The first kappa shape index (κ1) is 14.5. The summed E-state index contributed by atoms with van der Waals surface area (Å²) in [6.45, 7) is 5.61. The number of nitrogens with one attached hydrogen (secondary N) is 1. The number of benzene rings is 1. The molecule has 1 aromatic carbocycles. The van der Waals surface area contributed by atoms with Crippen LogP contribution in [-0.4, -0.2) is 18.2 Å². The summed E-state index contributed by atoms with van der Waals surface area (Å²) in [7, 11) is 0. The molecule has 1 unspecified atom stereocenters. The molecule has 1 aromatic rings. The highest BCUT2D eigenvalue weighted by Gasteiger charge is 2.18. The third-order valence-corrected chi connectivity index (χ3v) is 2.07. The van der Waals surface area contributed by atoms with Gasteiger partial charge in [-0.15, -0.1) is 0 Å². The standard InChI is InChI=1S/C13H20N2O3/c1-13(2,3)17-12(16)15-18-11(9-14)10-7-5-4-6-8-10/h4-8,11H,9,14H2,1-3H3,(H,15,16). The molecule has 0 spiro atoms. The minimum absolute atomic E-state index is 0.264. The number of hydrogen-bond donors (Lipinski definition) is 2. The zero-order valence-electron chi connectivity index (χ0n) is 11.0. The summed E-state index contributed by atoms with van der Waals surface area (Å²) in [6.07, 6.45) is -1.02. The molecule has 0 saturated carbocycles. The molecule has 3 N–H and O–H groups in total. The molecule has 0 aliphatic carbocycles. The lowest BCUT2D eigenvalue weighted by Gasteiger charge is -2.21. The average molecular weight is 252 g/mol. The monoisotopic (exact) mass is 252 g/mol. The van der Waals surface area contributed by atoms with Gasteiger partial charge >= 0.3 is 6.09 Å². The number of nitrogens with two attached hydrogens (primary N) is 1. The second-order valence-corrected chi connectivity index (χ2v) is 4.86. The second-order valence-electron chi connectivity index (χ2n) is 4.86. The molecule has 100 valence electrons. The number of rotatable bonds is 4. The number of carbonyl (C=O) groups excluding carboxylic acids is 1. The van der Waals surface area contributed by atoms with Crippen LogP contribution in [0.4, 0.5) is 4.79 Å². The van der Waals surface area contributed by atoms with Gasteiger partial charge in [0.05, 0.1) is 0 Å². The van der Waals surface area contributed by atoms with Crippen LogP contribution in [0.15, 0.2) is 30.3 Å². The fourth-order valence-corrected chi connectivity index (χ4v) is 1.34. The van der Waals surface area contributed by atoms with Crippen molar-refractivity contribution in [3.8, 4) is 0 Å². The Morgan fingerprint density at radius 3 is 2.44 bits per heavy atom. The van der Waals surface area contributed by atoms with Crippen LogP contribution in [0.25, 0.3) is 0 Å². The van der Waals surface area contributed by atoms with Gasteiger partial charge < -0.3 is 10.5 Å². The van der Waals surface area contributed by atoms with Crippen LogP contribution in [0.3, 0.4) is 0 Å². The minimum atomic E-state index is -0.628. The molecule has 1 atom stereocenters. The Morgan fingerprint density at radius 2 is 1.94 bits per heavy atom. The maximum absolute atomic E-state index is 11.4. The number of hydroxylamine groups is 1. The Bertz CT molecular complexity index is 374. The summed E-state index contributed by atoms with van der Waals surface area (Å²) < 4.78 is 5.05. The normalized spacial score (nSPS) is 12.9. The Hall–Kier alpha value is -1.59. The van der Waals surface area contributed by atoms with Gasteiger partial charge in [0, 0.05) is 6.54 Å². The molecule has 0 radical (unpaired) electrons. The maximum Gasteiger partial charge on any atom is 0.431 e. The van der Waals surface area contributed by atoms with Gasteiger partial charge in [-0.2, -0.15) is 5.48 Å². The predicted octanol–water partition coefficient (Wildman–Crippen LogP) is 2.14. The molecular formula is C13H20N2O3. The summed E-state index contributed by atoms with van der Waals surface area (Å²) in [5.74, 6) is 0. The third-order valence-electron chi connectivity index (χ3n) is 2.07. The van der Waals surface area contributed by atoms with Crippen LogP contribution in [0.2, 0.25) is 0 Å². The van der Waals surface area contributed by atoms with Crippen LogP contribution in [0, 0.1) is 0 Å². The van der Waals surface area contributed by atoms with Crippen molar-refractivity contribution in [1.29, 1.82) is 0 Å². The van der Waals surface area contributed by atoms with E-state index in [1.54, 1.807) is 20.8 Å². The number of ether oxygens (including phenoxy) is 1. The van der Waals surface area contributed by atoms with E-state index in [9.17, 15) is 4.79 Å². The van der Waals surface area contributed by atoms with Crippen LogP contribution < -0.4 is 11.2 Å². The van der Waals surface area contributed by atoms with E-state index < -0.39 is 17.8 Å². The smallest absolute Gasteiger partial charge is 0.431 e. The minimum Gasteiger partial charge on any atom is -0.442 e. The van der Waals surface area contributed by atoms with E-state index in [1.165, 1.54) is 0 Å². The first-order chi connectivity index (χ1) is 8.42. The van der Waals surface area contributed by atoms with E-state index in [0.29, 0.717) is 0 Å². The number of amides is 1. The van der Waals surface area contributed by atoms with Gasteiger partial charge in [-0.05, 0) is 26.3 Å². The molecule has 18 heavy (non-hydrogen) atoms. The zero-order valence-corrected chi connectivity index (χ0v) is 11.0. The fraction of sp³-hybridized carbons (Fsp3) is 0.462. The van der Waals surface area contributed by atoms with Crippen LogP contribution in [-0.2, 0) is 9.57 Å². The van der Waals surface area contributed by atoms with Crippen molar-refractivity contribution in [3.05, 3.63) is 35.9 Å². The molecule has 0 aromatic heterocycles. The average Bonchev–Trinajstić information content (AvgIpc) is 2.29. The number of carbonyl (C=O) groups is 1. The molecule has 0 aliphatic heterocycles. The molecule has 0 bridgehead atoms. The molecule has 1 amide bonds. The van der Waals surface area contributed by atoms with E-state index in [4.69, 9.17) is 15.3 Å². The lowest BCUT2D eigenvalue weighted by molar-refractivity contribution is -0.0403. The molecule has 5 nitrogen and oxygen atoms in total. The molecule has 0 fully saturated rings. The Balaban J connectivity index is 2.48. The van der Waals surface area contributed by atoms with Gasteiger partial charge in [0.1, 0.15) is 11.7 Å². The molecule has 1 rings (SSSR count). The molecule has 0 heterocycles. The Kier molecular flexibility index (Phi) is 5.12. The maximum atomic E-state index is 11.4. The third kappa shape index (κ3) is 5.16. The number of hydrogen-bond acceptors (Lipinski definition) is 4. The molecule has 0 aliphatic rings. The van der Waals surface area contributed by atoms with E-state index in [1.807, 2.05) is 30.3 Å². The van der Waals surface area contributed by atoms with E-state index in [0.717, 1.165) is 5.56 Å². The largest absolute Gasteiger partial charge is 0.442 e. The van der Waals surface area contributed by atoms with Crippen molar-refractivity contribution in [1.82, 2.24) is 5.48 Å². The second kappa shape index (κ2) is 6.37. The van der Waals surface area contributed by atoms with Gasteiger partial charge in [-0.3, -0.25) is 4.84 Å². The van der Waals surface area contributed by atoms with E-state index in [-0.39, 0.29) is 6.54 Å². The van der Waals surface area contributed by atoms with Gasteiger partial charge in [0.2, 0.25) is 0 Å². The van der Waals surface area contributed by atoms with Gasteiger partial charge in [-0.25, -0.2) is 4.79 Å². The topological polar surface area (TPSA) is 73.6 Å². The predicted molar refractivity (Wildman–Crippen MR) is 68.7 cm³/mol. The van der Waals surface area contributed by atoms with Crippen molar-refractivity contribution in [2.24, 2.45) is 5.73 Å². The van der Waals surface area contributed by atoms with Gasteiger partial charge in [0.25, 0.3) is 0 Å². The van der Waals surface area contributed by atoms with Crippen molar-refractivity contribution in [2.45, 2.75) is 32.5 Å². The SMILES string of the molecule is CC(C)(C)OC(=O)NOC(CN)c1ccccc1. The lowest BCUT2D eigenvalue weighted by Crippen LogP contribution is -2.34. The summed E-state index contributed by atoms with van der Waals surface area (Å²) in [5, 5.41) is 0. The van der Waals surface area contributed by atoms with Crippen LogP contribution >= 0.6 is 0 Å². The zero-order chi connectivity index (χ0) is 13.6. The molecular weight excluding hydrogens is 232 g/mol. The Labute approximate surface area is 107 Å². The fourth-order valence-electron chi connectivity index (χ4n) is 1.34. The summed E-state index contributed by atoms with van der Waals surface area (Å²) in [4.78, 5) is 16.6. The quantitative estimate of drug-likeness (QED) is 0.805. The van der Waals surface area contributed by atoms with Gasteiger partial charge in [0.15, 0.2) is 0 Å². The van der Waals surface area contributed by atoms with Crippen LogP contribution in [0.5, 0.6) is 0 Å². The van der Waals surface area contributed by atoms with Crippen molar-refractivity contribution >= 4 is 6.09 Å². The summed E-state index contributed by atoms with van der Waals surface area (Å²) in [6, 6.07) is 9.44. The van der Waals surface area contributed by atoms with E-state index in [2.05, 4.69) is 5.48 Å². The summed E-state index contributed by atoms with van der Waals surface area (Å²) in [5.41, 5.74) is 8.19. The van der Waals surface area contributed by atoms with E-state index >= 15 is 0 Å².